The Bertz CT molecular complexity index is 845. The molecule has 8 heteroatoms. The van der Waals surface area contributed by atoms with Gasteiger partial charge in [-0.1, -0.05) is 18.2 Å². The molecule has 2 fully saturated rings. The SMILES string of the molecule is CN(Cc1ccccc1-n1cccn1)C(=O)CN1CC2(CCNCC2)OC1=O. The molecule has 28 heavy (non-hydrogen) atoms. The molecule has 0 bridgehead atoms. The molecule has 2 amide bonds. The van der Waals surface area contributed by atoms with E-state index in [1.807, 2.05) is 36.5 Å². The van der Waals surface area contributed by atoms with Crippen LogP contribution >= 0.6 is 0 Å². The molecule has 0 aliphatic carbocycles. The van der Waals surface area contributed by atoms with Crippen molar-refractivity contribution in [2.75, 3.05) is 33.2 Å². The van der Waals surface area contributed by atoms with Crippen molar-refractivity contribution in [2.24, 2.45) is 0 Å². The van der Waals surface area contributed by atoms with Crippen LogP contribution in [0.3, 0.4) is 0 Å². The van der Waals surface area contributed by atoms with Gasteiger partial charge in [0, 0.05) is 38.8 Å². The molecule has 0 saturated carbocycles. The van der Waals surface area contributed by atoms with Gasteiger partial charge in [0.15, 0.2) is 0 Å². The van der Waals surface area contributed by atoms with E-state index in [2.05, 4.69) is 10.4 Å². The Morgan fingerprint density at radius 1 is 1.29 bits per heavy atom. The minimum absolute atomic E-state index is 0.0362. The summed E-state index contributed by atoms with van der Waals surface area (Å²) in [6.07, 6.45) is 4.79. The molecule has 0 unspecified atom stereocenters. The minimum Gasteiger partial charge on any atom is -0.441 e. The number of hydrogen-bond acceptors (Lipinski definition) is 5. The molecule has 2 aliphatic rings. The van der Waals surface area contributed by atoms with Gasteiger partial charge in [0.25, 0.3) is 0 Å². The number of carbonyl (C=O) groups is 2. The van der Waals surface area contributed by atoms with E-state index in [0.29, 0.717) is 13.1 Å². The number of rotatable bonds is 5. The van der Waals surface area contributed by atoms with Crippen LogP contribution in [0.1, 0.15) is 18.4 Å². The molecule has 1 N–H and O–H groups in total. The highest BCUT2D eigenvalue weighted by atomic mass is 16.6. The third kappa shape index (κ3) is 3.73. The van der Waals surface area contributed by atoms with E-state index >= 15 is 0 Å². The van der Waals surface area contributed by atoms with Crippen molar-refractivity contribution < 1.29 is 14.3 Å². The minimum atomic E-state index is -0.437. The molecule has 2 aromatic rings. The van der Waals surface area contributed by atoms with Crippen LogP contribution in [0, 0.1) is 0 Å². The number of hydrogen-bond donors (Lipinski definition) is 1. The van der Waals surface area contributed by atoms with Crippen molar-refractivity contribution in [2.45, 2.75) is 25.0 Å². The highest BCUT2D eigenvalue weighted by Gasteiger charge is 2.46. The third-order valence-electron chi connectivity index (χ3n) is 5.46. The predicted octanol–water partition coefficient (Wildman–Crippen LogP) is 1.41. The lowest BCUT2D eigenvalue weighted by atomic mass is 9.92. The van der Waals surface area contributed by atoms with Crippen LogP contribution in [0.5, 0.6) is 0 Å². The van der Waals surface area contributed by atoms with E-state index in [1.54, 1.807) is 22.8 Å². The summed E-state index contributed by atoms with van der Waals surface area (Å²) in [5, 5.41) is 7.56. The molecule has 2 saturated heterocycles. The molecular formula is C20H25N5O3. The average molecular weight is 383 g/mol. The number of nitrogens with one attached hydrogen (secondary N) is 1. The molecule has 0 atom stereocenters. The maximum Gasteiger partial charge on any atom is 0.410 e. The zero-order chi connectivity index (χ0) is 19.6. The van der Waals surface area contributed by atoms with E-state index in [4.69, 9.17) is 4.74 Å². The summed E-state index contributed by atoms with van der Waals surface area (Å²) in [6.45, 7) is 2.62. The quantitative estimate of drug-likeness (QED) is 0.844. The van der Waals surface area contributed by atoms with Crippen LogP contribution in [0.2, 0.25) is 0 Å². The lowest BCUT2D eigenvalue weighted by Crippen LogP contribution is -2.46. The fourth-order valence-corrected chi connectivity index (χ4v) is 3.86. The van der Waals surface area contributed by atoms with Gasteiger partial charge in [-0.15, -0.1) is 0 Å². The highest BCUT2D eigenvalue weighted by Crippen LogP contribution is 2.31. The van der Waals surface area contributed by atoms with Crippen LogP contribution in [-0.4, -0.2) is 70.4 Å². The number of likely N-dealkylation sites (N-methyl/N-ethyl adjacent to an activating group) is 1. The average Bonchev–Trinajstić information content (AvgIpc) is 3.32. The summed E-state index contributed by atoms with van der Waals surface area (Å²) in [6, 6.07) is 9.70. The van der Waals surface area contributed by atoms with Gasteiger partial charge in [0.2, 0.25) is 5.91 Å². The van der Waals surface area contributed by atoms with Crippen molar-refractivity contribution in [3.63, 3.8) is 0 Å². The molecule has 1 aromatic carbocycles. The molecule has 3 heterocycles. The molecule has 8 nitrogen and oxygen atoms in total. The van der Waals surface area contributed by atoms with Crippen LogP contribution < -0.4 is 5.32 Å². The van der Waals surface area contributed by atoms with Crippen molar-refractivity contribution in [3.05, 3.63) is 48.3 Å². The first kappa shape index (κ1) is 18.5. The molecule has 148 valence electrons. The summed E-state index contributed by atoms with van der Waals surface area (Å²) < 4.78 is 7.42. The number of aromatic nitrogens is 2. The number of amides is 2. The second-order valence-corrected chi connectivity index (χ2v) is 7.49. The first-order valence-electron chi connectivity index (χ1n) is 9.57. The Kier molecular flexibility index (Phi) is 5.04. The van der Waals surface area contributed by atoms with E-state index in [-0.39, 0.29) is 18.5 Å². The molecule has 1 spiro atoms. The number of para-hydroxylation sites is 1. The number of benzene rings is 1. The maximum atomic E-state index is 12.8. The summed E-state index contributed by atoms with van der Waals surface area (Å²) >= 11 is 0. The molecule has 2 aliphatic heterocycles. The first-order chi connectivity index (χ1) is 13.6. The standard InChI is InChI=1S/C20H25N5O3/c1-23(13-16-5-2-3-6-17(16)25-12-4-9-22-25)18(26)14-24-15-20(28-19(24)27)7-10-21-11-8-20/h2-6,9,12,21H,7-8,10-11,13-15H2,1H3. The lowest BCUT2D eigenvalue weighted by Gasteiger charge is -2.31. The van der Waals surface area contributed by atoms with Gasteiger partial charge in [-0.3, -0.25) is 9.69 Å². The summed E-state index contributed by atoms with van der Waals surface area (Å²) in [5.41, 5.74) is 1.48. The molecule has 4 rings (SSSR count). The summed E-state index contributed by atoms with van der Waals surface area (Å²) in [5.74, 6) is -0.113. The van der Waals surface area contributed by atoms with Gasteiger partial charge >= 0.3 is 6.09 Å². The largest absolute Gasteiger partial charge is 0.441 e. The van der Waals surface area contributed by atoms with Gasteiger partial charge in [0.1, 0.15) is 12.1 Å². The van der Waals surface area contributed by atoms with E-state index in [9.17, 15) is 9.59 Å². The Morgan fingerprint density at radius 3 is 2.82 bits per heavy atom. The summed E-state index contributed by atoms with van der Waals surface area (Å²) in [4.78, 5) is 28.2. The number of nitrogens with zero attached hydrogens (tertiary/aromatic N) is 4. The fourth-order valence-electron chi connectivity index (χ4n) is 3.86. The second kappa shape index (κ2) is 7.63. The van der Waals surface area contributed by atoms with Crippen LogP contribution in [0.25, 0.3) is 5.69 Å². The number of carbonyl (C=O) groups excluding carboxylic acids is 2. The summed E-state index contributed by atoms with van der Waals surface area (Å²) in [7, 11) is 1.75. The first-order valence-corrected chi connectivity index (χ1v) is 9.57. The maximum absolute atomic E-state index is 12.8. The Morgan fingerprint density at radius 2 is 2.07 bits per heavy atom. The van der Waals surface area contributed by atoms with Crippen LogP contribution in [0.15, 0.2) is 42.7 Å². The second-order valence-electron chi connectivity index (χ2n) is 7.49. The highest BCUT2D eigenvalue weighted by molar-refractivity contribution is 5.83. The van der Waals surface area contributed by atoms with Gasteiger partial charge in [-0.2, -0.15) is 5.10 Å². The van der Waals surface area contributed by atoms with Crippen molar-refractivity contribution in [1.82, 2.24) is 24.9 Å². The predicted molar refractivity (Wildman–Crippen MR) is 103 cm³/mol. The van der Waals surface area contributed by atoms with E-state index in [1.165, 1.54) is 4.90 Å². The number of piperidine rings is 1. The molecule has 1 aromatic heterocycles. The van der Waals surface area contributed by atoms with Gasteiger partial charge in [-0.25, -0.2) is 9.48 Å². The zero-order valence-electron chi connectivity index (χ0n) is 16.0. The van der Waals surface area contributed by atoms with Gasteiger partial charge in [-0.05, 0) is 30.8 Å². The van der Waals surface area contributed by atoms with Gasteiger partial charge in [0.05, 0.1) is 12.2 Å². The topological polar surface area (TPSA) is 79.7 Å². The Labute approximate surface area is 164 Å². The fraction of sp³-hybridized carbons (Fsp3) is 0.450. The monoisotopic (exact) mass is 383 g/mol. The zero-order valence-corrected chi connectivity index (χ0v) is 16.0. The van der Waals surface area contributed by atoms with E-state index in [0.717, 1.165) is 37.2 Å². The Balaban J connectivity index is 1.40. The van der Waals surface area contributed by atoms with Crippen molar-refractivity contribution >= 4 is 12.0 Å². The lowest BCUT2D eigenvalue weighted by molar-refractivity contribution is -0.130. The number of ether oxygens (including phenoxy) is 1. The smallest absolute Gasteiger partial charge is 0.410 e. The normalized spacial score (nSPS) is 18.3. The van der Waals surface area contributed by atoms with Crippen molar-refractivity contribution in [3.8, 4) is 5.69 Å². The van der Waals surface area contributed by atoms with Crippen molar-refractivity contribution in [1.29, 1.82) is 0 Å². The molecule has 0 radical (unpaired) electrons. The van der Waals surface area contributed by atoms with Gasteiger partial charge < -0.3 is 15.0 Å². The third-order valence-corrected chi connectivity index (χ3v) is 5.46. The molecular weight excluding hydrogens is 358 g/mol. The Hall–Kier alpha value is -2.87. The van der Waals surface area contributed by atoms with Crippen LogP contribution in [0.4, 0.5) is 4.79 Å². The van der Waals surface area contributed by atoms with E-state index < -0.39 is 5.60 Å². The van der Waals surface area contributed by atoms with Crippen LogP contribution in [-0.2, 0) is 16.1 Å².